The molecule has 0 unspecified atom stereocenters. The van der Waals surface area contributed by atoms with Gasteiger partial charge in [0.05, 0.1) is 11.6 Å². The highest BCUT2D eigenvalue weighted by Crippen LogP contribution is 2.55. The summed E-state index contributed by atoms with van der Waals surface area (Å²) in [5.41, 5.74) is 10.1. The van der Waals surface area contributed by atoms with Gasteiger partial charge in [0.15, 0.2) is 29.7 Å². The minimum absolute atomic E-state index is 0.0493. The number of halogens is 1. The zero-order chi connectivity index (χ0) is 31.1. The molecule has 2 aliphatic carbocycles. The second kappa shape index (κ2) is 11.8. The van der Waals surface area contributed by atoms with E-state index in [1.165, 1.54) is 5.56 Å². The van der Waals surface area contributed by atoms with Gasteiger partial charge in [-0.1, -0.05) is 69.6 Å². The number of ether oxygens (including phenoxy) is 2. The van der Waals surface area contributed by atoms with E-state index in [-0.39, 0.29) is 39.8 Å². The fourth-order valence-electron chi connectivity index (χ4n) is 6.84. The van der Waals surface area contributed by atoms with Gasteiger partial charge in [-0.25, -0.2) is 0 Å². The standard InChI is InChI=1S/C35H41ClN2O5/c1-6-42-28-15-22(14-23(36)33(28)43-20-29(37)41)30-31-24(16-34(2,3)18-26(31)39)38(13-12-21-10-8-7-9-11-21)25-17-35(4,5)19-27(40)32(25)30/h7-11,14-15,30H,6,12-13,16-20H2,1-5H3,(H2,37,41). The van der Waals surface area contributed by atoms with E-state index in [0.29, 0.717) is 48.5 Å². The molecule has 228 valence electrons. The third-order valence-corrected chi connectivity index (χ3v) is 8.79. The molecule has 1 aliphatic heterocycles. The van der Waals surface area contributed by atoms with Crippen LogP contribution >= 0.6 is 11.6 Å². The maximum absolute atomic E-state index is 14.1. The number of nitrogens with zero attached hydrogens (tertiary/aromatic N) is 1. The first-order chi connectivity index (χ1) is 20.3. The molecule has 1 heterocycles. The summed E-state index contributed by atoms with van der Waals surface area (Å²) in [6, 6.07) is 13.8. The molecule has 0 saturated carbocycles. The number of allylic oxidation sites excluding steroid dienone is 4. The molecule has 1 amide bonds. The van der Waals surface area contributed by atoms with Crippen LogP contribution in [-0.4, -0.2) is 42.1 Å². The molecule has 2 aromatic rings. The molecule has 8 heteroatoms. The third-order valence-electron chi connectivity index (χ3n) is 8.51. The maximum Gasteiger partial charge on any atom is 0.255 e. The number of ketones is 2. The first-order valence-electron chi connectivity index (χ1n) is 15.0. The molecule has 0 radical (unpaired) electrons. The van der Waals surface area contributed by atoms with E-state index in [1.54, 1.807) is 12.1 Å². The van der Waals surface area contributed by atoms with Crippen molar-refractivity contribution in [2.45, 2.75) is 72.6 Å². The summed E-state index contributed by atoms with van der Waals surface area (Å²) in [4.78, 5) is 42.0. The number of hydrogen-bond donors (Lipinski definition) is 1. The maximum atomic E-state index is 14.1. The Bertz CT molecular complexity index is 1470. The fraction of sp³-hybridized carbons (Fsp3) is 0.457. The van der Waals surface area contributed by atoms with Gasteiger partial charge in [0.2, 0.25) is 0 Å². The Labute approximate surface area is 259 Å². The van der Waals surface area contributed by atoms with Crippen LogP contribution in [-0.2, 0) is 20.8 Å². The number of benzene rings is 2. The molecular formula is C35H41ClN2O5. The van der Waals surface area contributed by atoms with Crippen molar-refractivity contribution in [3.8, 4) is 11.5 Å². The van der Waals surface area contributed by atoms with Gasteiger partial charge in [-0.2, -0.15) is 0 Å². The lowest BCUT2D eigenvalue weighted by Gasteiger charge is -2.49. The van der Waals surface area contributed by atoms with Crippen molar-refractivity contribution in [3.63, 3.8) is 0 Å². The Kier molecular flexibility index (Phi) is 8.50. The third kappa shape index (κ3) is 6.37. The molecule has 7 nitrogen and oxygen atoms in total. The van der Waals surface area contributed by atoms with Crippen molar-refractivity contribution < 1.29 is 23.9 Å². The highest BCUT2D eigenvalue weighted by Gasteiger charge is 2.49. The van der Waals surface area contributed by atoms with Crippen molar-refractivity contribution >= 4 is 29.1 Å². The highest BCUT2D eigenvalue weighted by atomic mass is 35.5. The smallest absolute Gasteiger partial charge is 0.255 e. The summed E-state index contributed by atoms with van der Waals surface area (Å²) in [7, 11) is 0. The molecule has 0 saturated heterocycles. The van der Waals surface area contributed by atoms with E-state index in [9.17, 15) is 14.4 Å². The van der Waals surface area contributed by atoms with Crippen LogP contribution in [0.4, 0.5) is 0 Å². The molecule has 0 spiro atoms. The van der Waals surface area contributed by atoms with Crippen molar-refractivity contribution in [1.29, 1.82) is 0 Å². The molecule has 3 aliphatic rings. The summed E-state index contributed by atoms with van der Waals surface area (Å²) in [5.74, 6) is -0.564. The lowest BCUT2D eigenvalue weighted by atomic mass is 9.63. The number of carbonyl (C=O) groups excluding carboxylic acids is 3. The molecular weight excluding hydrogens is 564 g/mol. The largest absolute Gasteiger partial charge is 0.490 e. The summed E-state index contributed by atoms with van der Waals surface area (Å²) < 4.78 is 11.5. The van der Waals surface area contributed by atoms with E-state index >= 15 is 0 Å². The normalized spacial score (nSPS) is 19.7. The Hall–Kier alpha value is -3.58. The van der Waals surface area contributed by atoms with Crippen LogP contribution in [0.1, 0.15) is 77.3 Å². The fourth-order valence-corrected chi connectivity index (χ4v) is 7.11. The Morgan fingerprint density at radius 2 is 1.51 bits per heavy atom. The second-order valence-electron chi connectivity index (χ2n) is 13.4. The molecule has 0 atom stereocenters. The van der Waals surface area contributed by atoms with Crippen LogP contribution < -0.4 is 15.2 Å². The van der Waals surface area contributed by atoms with Gasteiger partial charge in [-0.15, -0.1) is 0 Å². The summed E-state index contributed by atoms with van der Waals surface area (Å²) >= 11 is 6.76. The highest BCUT2D eigenvalue weighted by molar-refractivity contribution is 6.32. The second-order valence-corrected chi connectivity index (χ2v) is 13.8. The van der Waals surface area contributed by atoms with E-state index in [0.717, 1.165) is 30.7 Å². The predicted octanol–water partition coefficient (Wildman–Crippen LogP) is 6.53. The predicted molar refractivity (Wildman–Crippen MR) is 167 cm³/mol. The van der Waals surface area contributed by atoms with Gasteiger partial charge in [0.25, 0.3) is 5.91 Å². The van der Waals surface area contributed by atoms with Gasteiger partial charge in [0, 0.05) is 47.8 Å². The SMILES string of the molecule is CCOc1cc(C2C3=C(CC(C)(C)CC3=O)N(CCc3ccccc3)C3=C2C(=O)CC(C)(C)C3)cc(Cl)c1OCC(N)=O. The van der Waals surface area contributed by atoms with Gasteiger partial charge in [-0.3, -0.25) is 14.4 Å². The number of primary amides is 1. The van der Waals surface area contributed by atoms with Crippen LogP contribution in [0.15, 0.2) is 65.0 Å². The topological polar surface area (TPSA) is 98.9 Å². The van der Waals surface area contributed by atoms with Crippen molar-refractivity contribution in [2.24, 2.45) is 16.6 Å². The van der Waals surface area contributed by atoms with Crippen LogP contribution in [0.25, 0.3) is 0 Å². The van der Waals surface area contributed by atoms with Crippen LogP contribution in [0.5, 0.6) is 11.5 Å². The van der Waals surface area contributed by atoms with Gasteiger partial charge in [0.1, 0.15) is 0 Å². The van der Waals surface area contributed by atoms with Crippen LogP contribution in [0.3, 0.4) is 0 Å². The number of hydrogen-bond acceptors (Lipinski definition) is 6. The molecule has 43 heavy (non-hydrogen) atoms. The average molecular weight is 605 g/mol. The number of nitrogens with two attached hydrogens (primary N) is 1. The van der Waals surface area contributed by atoms with Gasteiger partial charge in [-0.05, 0) is 60.3 Å². The van der Waals surface area contributed by atoms with E-state index in [2.05, 4.69) is 44.7 Å². The molecule has 0 bridgehead atoms. The molecule has 2 aromatic carbocycles. The molecule has 2 N–H and O–H groups in total. The minimum Gasteiger partial charge on any atom is -0.490 e. The first-order valence-corrected chi connectivity index (χ1v) is 15.4. The monoisotopic (exact) mass is 604 g/mol. The van der Waals surface area contributed by atoms with E-state index in [4.69, 9.17) is 26.8 Å². The first kappa shape index (κ1) is 30.9. The van der Waals surface area contributed by atoms with Crippen LogP contribution in [0.2, 0.25) is 5.02 Å². The summed E-state index contributed by atoms with van der Waals surface area (Å²) in [5, 5.41) is 0.227. The summed E-state index contributed by atoms with van der Waals surface area (Å²) in [6.45, 7) is 11.0. The van der Waals surface area contributed by atoms with Gasteiger partial charge < -0.3 is 20.1 Å². The van der Waals surface area contributed by atoms with E-state index in [1.807, 2.05) is 25.1 Å². The van der Waals surface area contributed by atoms with Crippen LogP contribution in [0, 0.1) is 10.8 Å². The number of Topliss-reactive ketones (excluding diaryl/α,β-unsaturated/α-hetero) is 2. The molecule has 5 rings (SSSR count). The lowest BCUT2D eigenvalue weighted by Crippen LogP contribution is -2.45. The number of amides is 1. The minimum atomic E-state index is -0.638. The zero-order valence-corrected chi connectivity index (χ0v) is 26.5. The van der Waals surface area contributed by atoms with Crippen molar-refractivity contribution in [2.75, 3.05) is 19.8 Å². The van der Waals surface area contributed by atoms with Gasteiger partial charge >= 0.3 is 0 Å². The van der Waals surface area contributed by atoms with Crippen molar-refractivity contribution in [3.05, 3.63) is 81.2 Å². The average Bonchev–Trinajstić information content (AvgIpc) is 2.90. The Morgan fingerprint density at radius 3 is 2.05 bits per heavy atom. The Balaban J connectivity index is 1.71. The van der Waals surface area contributed by atoms with E-state index < -0.39 is 11.8 Å². The molecule has 0 aromatic heterocycles. The number of rotatable bonds is 9. The lowest BCUT2D eigenvalue weighted by molar-refractivity contribution is -0.121. The summed E-state index contributed by atoms with van der Waals surface area (Å²) in [6.07, 6.45) is 3.01. The zero-order valence-electron chi connectivity index (χ0n) is 25.7. The van der Waals surface area contributed by atoms with Crippen molar-refractivity contribution in [1.82, 2.24) is 4.90 Å². The quantitative estimate of drug-likeness (QED) is 0.349. The Morgan fingerprint density at radius 1 is 0.930 bits per heavy atom. The molecule has 0 fully saturated rings. The number of carbonyl (C=O) groups is 3.